The highest BCUT2D eigenvalue weighted by atomic mass is 35.5. The third-order valence-electron chi connectivity index (χ3n) is 5.01. The number of carbonyl (C=O) groups is 1. The summed E-state index contributed by atoms with van der Waals surface area (Å²) < 4.78 is 5.97. The molecule has 24 heavy (non-hydrogen) atoms. The lowest BCUT2D eigenvalue weighted by Gasteiger charge is -2.40. The zero-order valence-corrected chi connectivity index (χ0v) is 15.2. The van der Waals surface area contributed by atoms with Gasteiger partial charge in [0.25, 0.3) is 0 Å². The van der Waals surface area contributed by atoms with Crippen LogP contribution in [0.4, 0.5) is 0 Å². The molecule has 0 saturated carbocycles. The highest BCUT2D eigenvalue weighted by Crippen LogP contribution is 2.29. The number of likely N-dealkylation sites (N-methyl/N-ethyl adjacent to an activating group) is 1. The van der Waals surface area contributed by atoms with E-state index in [2.05, 4.69) is 23.8 Å². The first-order chi connectivity index (χ1) is 11.5. The van der Waals surface area contributed by atoms with E-state index in [1.165, 1.54) is 0 Å². The smallest absolute Gasteiger partial charge is 0.236 e. The van der Waals surface area contributed by atoms with Crippen molar-refractivity contribution in [2.45, 2.75) is 19.1 Å². The molecule has 0 unspecified atom stereocenters. The average molecular weight is 352 g/mol. The quantitative estimate of drug-likeness (QED) is 0.833. The zero-order chi connectivity index (χ0) is 17.1. The minimum Gasteiger partial charge on any atom is -0.371 e. The summed E-state index contributed by atoms with van der Waals surface area (Å²) in [7, 11) is 2.10. The molecule has 1 amide bonds. The molecule has 0 N–H and O–H groups in total. The van der Waals surface area contributed by atoms with Crippen LogP contribution in [0, 0.1) is 0 Å². The number of hydrogen-bond acceptors (Lipinski definition) is 4. The van der Waals surface area contributed by atoms with E-state index >= 15 is 0 Å². The number of amides is 1. The third kappa shape index (κ3) is 4.09. The van der Waals surface area contributed by atoms with Gasteiger partial charge in [-0.05, 0) is 20.0 Å². The van der Waals surface area contributed by atoms with Crippen LogP contribution in [0.25, 0.3) is 0 Å². The Labute approximate surface area is 149 Å². The molecule has 2 fully saturated rings. The van der Waals surface area contributed by atoms with Crippen LogP contribution in [-0.4, -0.2) is 79.6 Å². The fourth-order valence-electron chi connectivity index (χ4n) is 3.28. The predicted octanol–water partition coefficient (Wildman–Crippen LogP) is 1.88. The summed E-state index contributed by atoms with van der Waals surface area (Å²) in [4.78, 5) is 19.1. The first-order valence-electron chi connectivity index (χ1n) is 8.61. The molecule has 0 bridgehead atoms. The van der Waals surface area contributed by atoms with Gasteiger partial charge in [0.2, 0.25) is 5.91 Å². The first-order valence-corrected chi connectivity index (χ1v) is 8.99. The Hall–Kier alpha value is -1.14. The molecule has 6 heteroatoms. The lowest BCUT2D eigenvalue weighted by Crippen LogP contribution is -2.53. The van der Waals surface area contributed by atoms with E-state index in [4.69, 9.17) is 16.3 Å². The summed E-state index contributed by atoms with van der Waals surface area (Å²) in [5, 5.41) is 0.724. The Morgan fingerprint density at radius 2 is 1.96 bits per heavy atom. The largest absolute Gasteiger partial charge is 0.371 e. The number of nitrogens with zero attached hydrogens (tertiary/aromatic N) is 3. The molecule has 0 spiro atoms. The van der Waals surface area contributed by atoms with E-state index in [1.54, 1.807) is 0 Å². The van der Waals surface area contributed by atoms with Gasteiger partial charge in [-0.25, -0.2) is 0 Å². The van der Waals surface area contributed by atoms with Crippen molar-refractivity contribution in [3.8, 4) is 0 Å². The van der Waals surface area contributed by atoms with Crippen LogP contribution in [0.5, 0.6) is 0 Å². The Kier molecular flexibility index (Phi) is 5.76. The Morgan fingerprint density at radius 3 is 2.67 bits per heavy atom. The van der Waals surface area contributed by atoms with Gasteiger partial charge < -0.3 is 14.5 Å². The van der Waals surface area contributed by atoms with E-state index in [0.717, 1.165) is 36.8 Å². The van der Waals surface area contributed by atoms with E-state index in [1.807, 2.05) is 29.2 Å². The van der Waals surface area contributed by atoms with E-state index in [0.29, 0.717) is 19.7 Å². The van der Waals surface area contributed by atoms with Crippen molar-refractivity contribution in [1.29, 1.82) is 0 Å². The molecule has 0 aromatic heterocycles. The summed E-state index contributed by atoms with van der Waals surface area (Å²) in [6.07, 6.45) is -0.0739. The number of ether oxygens (including phenoxy) is 1. The lowest BCUT2D eigenvalue weighted by atomic mass is 10.1. The number of benzene rings is 1. The Balaban J connectivity index is 1.62. The van der Waals surface area contributed by atoms with Crippen LogP contribution in [-0.2, 0) is 9.53 Å². The maximum Gasteiger partial charge on any atom is 0.236 e. The van der Waals surface area contributed by atoms with Crippen molar-refractivity contribution in [3.05, 3.63) is 34.9 Å². The number of morpholine rings is 1. The highest BCUT2D eigenvalue weighted by molar-refractivity contribution is 6.31. The molecule has 1 aromatic carbocycles. The molecule has 0 aliphatic carbocycles. The number of rotatable bonds is 3. The van der Waals surface area contributed by atoms with Crippen molar-refractivity contribution < 1.29 is 9.53 Å². The van der Waals surface area contributed by atoms with Gasteiger partial charge in [-0.1, -0.05) is 29.8 Å². The Bertz CT molecular complexity index is 575. The van der Waals surface area contributed by atoms with Gasteiger partial charge in [-0.15, -0.1) is 0 Å². The molecule has 3 rings (SSSR count). The van der Waals surface area contributed by atoms with Gasteiger partial charge in [-0.3, -0.25) is 9.69 Å². The monoisotopic (exact) mass is 351 g/mol. The van der Waals surface area contributed by atoms with Gasteiger partial charge in [0.05, 0.1) is 19.3 Å². The minimum atomic E-state index is -0.0739. The predicted molar refractivity (Wildman–Crippen MR) is 95.3 cm³/mol. The Morgan fingerprint density at radius 1 is 1.25 bits per heavy atom. The second-order valence-corrected chi connectivity index (χ2v) is 7.21. The lowest BCUT2D eigenvalue weighted by molar-refractivity contribution is -0.138. The fraction of sp³-hybridized carbons (Fsp3) is 0.611. The van der Waals surface area contributed by atoms with Crippen LogP contribution in [0.1, 0.15) is 18.6 Å². The summed E-state index contributed by atoms with van der Waals surface area (Å²) in [6, 6.07) is 8.02. The number of piperazine rings is 1. The summed E-state index contributed by atoms with van der Waals surface area (Å²) in [6.45, 7) is 7.43. The van der Waals surface area contributed by atoms with E-state index < -0.39 is 0 Å². The molecule has 2 atom stereocenters. The summed E-state index contributed by atoms with van der Waals surface area (Å²) >= 11 is 6.30. The molecular formula is C18H26ClN3O2. The van der Waals surface area contributed by atoms with Crippen molar-refractivity contribution in [1.82, 2.24) is 14.7 Å². The van der Waals surface area contributed by atoms with E-state index in [-0.39, 0.29) is 18.1 Å². The highest BCUT2D eigenvalue weighted by Gasteiger charge is 2.31. The topological polar surface area (TPSA) is 36.0 Å². The van der Waals surface area contributed by atoms with Crippen LogP contribution < -0.4 is 0 Å². The second-order valence-electron chi connectivity index (χ2n) is 6.81. The number of hydrogen-bond donors (Lipinski definition) is 0. The maximum atomic E-state index is 12.6. The standard InChI is InChI=1S/C18H26ClN3O2/c1-14-13-24-17(15-5-3-4-6-16(15)19)11-22(14)12-18(23)21-9-7-20(2)8-10-21/h3-6,14,17H,7-13H2,1-2H3/t14-,17+/m1/s1. The molecule has 1 aromatic rings. The molecule has 132 valence electrons. The van der Waals surface area contributed by atoms with Gasteiger partial charge in [0.1, 0.15) is 0 Å². The maximum absolute atomic E-state index is 12.6. The second kappa shape index (κ2) is 7.83. The molecule has 2 aliphatic heterocycles. The molecule has 0 radical (unpaired) electrons. The molecular weight excluding hydrogens is 326 g/mol. The zero-order valence-electron chi connectivity index (χ0n) is 14.4. The molecule has 2 saturated heterocycles. The minimum absolute atomic E-state index is 0.0739. The van der Waals surface area contributed by atoms with Crippen molar-refractivity contribution >= 4 is 17.5 Å². The summed E-state index contributed by atoms with van der Waals surface area (Å²) in [5.74, 6) is 0.217. The van der Waals surface area contributed by atoms with Gasteiger partial charge in [-0.2, -0.15) is 0 Å². The number of carbonyl (C=O) groups excluding carboxylic acids is 1. The van der Waals surface area contributed by atoms with Crippen molar-refractivity contribution in [2.75, 3.05) is 52.9 Å². The van der Waals surface area contributed by atoms with Gasteiger partial charge in [0, 0.05) is 49.4 Å². The van der Waals surface area contributed by atoms with Crippen LogP contribution >= 0.6 is 11.6 Å². The number of halogens is 1. The van der Waals surface area contributed by atoms with E-state index in [9.17, 15) is 4.79 Å². The third-order valence-corrected chi connectivity index (χ3v) is 5.35. The van der Waals surface area contributed by atoms with Crippen LogP contribution in [0.3, 0.4) is 0 Å². The molecule has 5 nitrogen and oxygen atoms in total. The average Bonchev–Trinajstić information content (AvgIpc) is 2.58. The SMILES string of the molecule is C[C@@H]1CO[C@H](c2ccccc2Cl)CN1CC(=O)N1CCN(C)CC1. The normalized spacial score (nSPS) is 26.5. The van der Waals surface area contributed by atoms with Crippen molar-refractivity contribution in [3.63, 3.8) is 0 Å². The van der Waals surface area contributed by atoms with Crippen LogP contribution in [0.2, 0.25) is 5.02 Å². The first kappa shape index (κ1) is 17.7. The van der Waals surface area contributed by atoms with Crippen molar-refractivity contribution in [2.24, 2.45) is 0 Å². The molecule has 2 aliphatic rings. The summed E-state index contributed by atoms with van der Waals surface area (Å²) in [5.41, 5.74) is 1.00. The molecule has 2 heterocycles. The van der Waals surface area contributed by atoms with Crippen LogP contribution in [0.15, 0.2) is 24.3 Å². The van der Waals surface area contributed by atoms with Gasteiger partial charge in [0.15, 0.2) is 0 Å². The van der Waals surface area contributed by atoms with Gasteiger partial charge >= 0.3 is 0 Å². The fourth-order valence-corrected chi connectivity index (χ4v) is 3.54.